The third-order valence-electron chi connectivity index (χ3n) is 1.29. The molecule has 0 aromatic carbocycles. The average Bonchev–Trinajstić information content (AvgIpc) is 1.98. The second kappa shape index (κ2) is 4.65. The number of esters is 1. The molecule has 0 unspecified atom stereocenters. The van der Waals surface area contributed by atoms with Crippen LogP contribution in [0.15, 0.2) is 0 Å². The van der Waals surface area contributed by atoms with Crippen molar-refractivity contribution in [3.63, 3.8) is 0 Å². The Hall–Kier alpha value is -1.13. The molecule has 1 atom stereocenters. The van der Waals surface area contributed by atoms with Crippen molar-refractivity contribution in [1.82, 2.24) is 0 Å². The van der Waals surface area contributed by atoms with E-state index in [4.69, 9.17) is 0 Å². The maximum atomic E-state index is 10.7. The molecule has 5 nitrogen and oxygen atoms in total. The molecule has 64 valence electrons. The van der Waals surface area contributed by atoms with Gasteiger partial charge in [-0.05, 0) is 6.42 Å². The zero-order valence-electron chi connectivity index (χ0n) is 6.57. The number of ether oxygens (including phenoxy) is 1. The van der Waals surface area contributed by atoms with E-state index in [0.717, 1.165) is 7.11 Å². The minimum Gasteiger partial charge on any atom is -0.464 e. The van der Waals surface area contributed by atoms with Gasteiger partial charge in [0.1, 0.15) is 0 Å². The molecule has 0 aliphatic carbocycles. The molecule has 0 saturated heterocycles. The molecule has 0 aromatic rings. The number of nitrogens with zero attached hydrogens (tertiary/aromatic N) is 1. The molecule has 0 N–H and O–H groups in total. The molecule has 0 aliphatic rings. The molecule has 11 heavy (non-hydrogen) atoms. The van der Waals surface area contributed by atoms with Crippen LogP contribution in [0.25, 0.3) is 0 Å². The van der Waals surface area contributed by atoms with Crippen molar-refractivity contribution in [3.05, 3.63) is 10.1 Å². The van der Waals surface area contributed by atoms with Crippen molar-refractivity contribution in [1.29, 1.82) is 0 Å². The summed E-state index contributed by atoms with van der Waals surface area (Å²) < 4.78 is 4.25. The molecule has 0 aliphatic heterocycles. The third kappa shape index (κ3) is 2.97. The normalized spacial score (nSPS) is 12.2. The minimum absolute atomic E-state index is 0.236. The summed E-state index contributed by atoms with van der Waals surface area (Å²) in [5.74, 6) is -0.767. The van der Waals surface area contributed by atoms with Crippen molar-refractivity contribution in [3.8, 4) is 0 Å². The van der Waals surface area contributed by atoms with Gasteiger partial charge in [-0.1, -0.05) is 6.92 Å². The first kappa shape index (κ1) is 9.87. The lowest BCUT2D eigenvalue weighted by Crippen LogP contribution is -2.30. The fourth-order valence-electron chi connectivity index (χ4n) is 0.719. The van der Waals surface area contributed by atoms with Crippen molar-refractivity contribution < 1.29 is 14.5 Å². The number of nitro groups is 1. The van der Waals surface area contributed by atoms with Gasteiger partial charge in [0.25, 0.3) is 0 Å². The Morgan fingerprint density at radius 1 is 1.73 bits per heavy atom. The van der Waals surface area contributed by atoms with E-state index in [1.807, 2.05) is 0 Å². The van der Waals surface area contributed by atoms with Crippen LogP contribution < -0.4 is 0 Å². The smallest absolute Gasteiger partial charge is 0.381 e. The standard InChI is InChI=1S/C6H11NO4/c1-3-4-5(7(9)10)6(8)11-2/h5H,3-4H2,1-2H3/t5-/m1/s1. The zero-order valence-corrected chi connectivity index (χ0v) is 6.57. The maximum Gasteiger partial charge on any atom is 0.381 e. The lowest BCUT2D eigenvalue weighted by Gasteiger charge is -2.04. The lowest BCUT2D eigenvalue weighted by molar-refractivity contribution is -0.511. The minimum atomic E-state index is -1.19. The van der Waals surface area contributed by atoms with Gasteiger partial charge in [-0.25, -0.2) is 4.79 Å². The molecule has 0 bridgehead atoms. The van der Waals surface area contributed by atoms with E-state index in [1.54, 1.807) is 6.92 Å². The van der Waals surface area contributed by atoms with Crippen LogP contribution in [0.5, 0.6) is 0 Å². The van der Waals surface area contributed by atoms with E-state index in [-0.39, 0.29) is 6.42 Å². The molecule has 0 aromatic heterocycles. The number of rotatable bonds is 4. The van der Waals surface area contributed by atoms with Crippen LogP contribution in [0.3, 0.4) is 0 Å². The first-order valence-corrected chi connectivity index (χ1v) is 3.34. The van der Waals surface area contributed by atoms with E-state index in [2.05, 4.69) is 4.74 Å². The lowest BCUT2D eigenvalue weighted by atomic mass is 10.2. The fraction of sp³-hybridized carbons (Fsp3) is 0.833. The maximum absolute atomic E-state index is 10.7. The van der Waals surface area contributed by atoms with Gasteiger partial charge in [0.2, 0.25) is 0 Å². The van der Waals surface area contributed by atoms with Crippen molar-refractivity contribution >= 4 is 5.97 Å². The van der Waals surface area contributed by atoms with Gasteiger partial charge in [0, 0.05) is 11.3 Å². The van der Waals surface area contributed by atoms with Crippen LogP contribution in [0.1, 0.15) is 19.8 Å². The summed E-state index contributed by atoms with van der Waals surface area (Å²) >= 11 is 0. The highest BCUT2D eigenvalue weighted by molar-refractivity contribution is 5.74. The molecule has 0 fully saturated rings. The van der Waals surface area contributed by atoms with Gasteiger partial charge in [-0.2, -0.15) is 0 Å². The summed E-state index contributed by atoms with van der Waals surface area (Å²) in [6.45, 7) is 1.78. The summed E-state index contributed by atoms with van der Waals surface area (Å²) in [6, 6.07) is -1.19. The topological polar surface area (TPSA) is 69.4 Å². The van der Waals surface area contributed by atoms with E-state index >= 15 is 0 Å². The summed E-state index contributed by atoms with van der Waals surface area (Å²) in [5, 5.41) is 10.2. The largest absolute Gasteiger partial charge is 0.464 e. The van der Waals surface area contributed by atoms with Crippen LogP contribution in [-0.2, 0) is 9.53 Å². The Morgan fingerprint density at radius 3 is 2.55 bits per heavy atom. The number of hydrogen-bond acceptors (Lipinski definition) is 4. The van der Waals surface area contributed by atoms with Crippen LogP contribution in [0.2, 0.25) is 0 Å². The summed E-state index contributed by atoms with van der Waals surface area (Å²) in [7, 11) is 1.15. The summed E-state index contributed by atoms with van der Waals surface area (Å²) in [6.07, 6.45) is 0.834. The Bertz CT molecular complexity index is 157. The molecule has 0 heterocycles. The molecule has 0 saturated carbocycles. The highest BCUT2D eigenvalue weighted by Crippen LogP contribution is 2.02. The summed E-state index contributed by atoms with van der Waals surface area (Å²) in [5.41, 5.74) is 0. The average molecular weight is 161 g/mol. The molecular formula is C6H11NO4. The van der Waals surface area contributed by atoms with Crippen LogP contribution in [0, 0.1) is 10.1 Å². The first-order valence-electron chi connectivity index (χ1n) is 3.34. The van der Waals surface area contributed by atoms with Crippen molar-refractivity contribution in [2.45, 2.75) is 25.8 Å². The molecule has 0 radical (unpaired) electrons. The van der Waals surface area contributed by atoms with Crippen molar-refractivity contribution in [2.75, 3.05) is 7.11 Å². The Labute approximate surface area is 64.5 Å². The van der Waals surface area contributed by atoms with Crippen molar-refractivity contribution in [2.24, 2.45) is 0 Å². The van der Waals surface area contributed by atoms with Gasteiger partial charge < -0.3 is 4.74 Å². The van der Waals surface area contributed by atoms with Crippen LogP contribution in [0.4, 0.5) is 0 Å². The van der Waals surface area contributed by atoms with Gasteiger partial charge in [0.05, 0.1) is 7.11 Å². The second-order valence-corrected chi connectivity index (χ2v) is 2.11. The highest BCUT2D eigenvalue weighted by atomic mass is 16.6. The van der Waals surface area contributed by atoms with Gasteiger partial charge in [-0.15, -0.1) is 0 Å². The van der Waals surface area contributed by atoms with E-state index in [0.29, 0.717) is 6.42 Å². The van der Waals surface area contributed by atoms with E-state index in [9.17, 15) is 14.9 Å². The highest BCUT2D eigenvalue weighted by Gasteiger charge is 2.28. The van der Waals surface area contributed by atoms with E-state index in [1.165, 1.54) is 0 Å². The van der Waals surface area contributed by atoms with Crippen LogP contribution >= 0.6 is 0 Å². The van der Waals surface area contributed by atoms with Gasteiger partial charge in [0.15, 0.2) is 0 Å². The number of carbonyl (C=O) groups excluding carboxylic acids is 1. The molecule has 0 rings (SSSR count). The number of methoxy groups -OCH3 is 1. The van der Waals surface area contributed by atoms with E-state index < -0.39 is 16.9 Å². The Morgan fingerprint density at radius 2 is 2.27 bits per heavy atom. The predicted octanol–water partition coefficient (Wildman–Crippen LogP) is 0.605. The second-order valence-electron chi connectivity index (χ2n) is 2.11. The molecule has 0 amide bonds. The SMILES string of the molecule is CCC[C@H](C(=O)OC)[N+](=O)[O-]. The molecule has 5 heteroatoms. The quantitative estimate of drug-likeness (QED) is 0.344. The fourth-order valence-corrected chi connectivity index (χ4v) is 0.719. The third-order valence-corrected chi connectivity index (χ3v) is 1.29. The monoisotopic (exact) mass is 161 g/mol. The Balaban J connectivity index is 4.09. The number of hydrogen-bond donors (Lipinski definition) is 0. The first-order chi connectivity index (χ1) is 5.13. The molecule has 0 spiro atoms. The summed E-state index contributed by atoms with van der Waals surface area (Å²) in [4.78, 5) is 20.3. The number of carbonyl (C=O) groups is 1. The zero-order chi connectivity index (χ0) is 8.85. The predicted molar refractivity (Wildman–Crippen MR) is 37.7 cm³/mol. The van der Waals surface area contributed by atoms with Crippen LogP contribution in [-0.4, -0.2) is 24.0 Å². The van der Waals surface area contributed by atoms with Gasteiger partial charge >= 0.3 is 12.0 Å². The Kier molecular flexibility index (Phi) is 4.17. The molecular weight excluding hydrogens is 150 g/mol. The van der Waals surface area contributed by atoms with Gasteiger partial charge in [-0.3, -0.25) is 10.1 Å².